The fourth-order valence-electron chi connectivity index (χ4n) is 3.17. The number of carbonyl (C=O) groups excluding carboxylic acids is 1. The van der Waals surface area contributed by atoms with Crippen molar-refractivity contribution in [2.24, 2.45) is 5.41 Å². The second kappa shape index (κ2) is 4.89. The first-order chi connectivity index (χ1) is 11.0. The molecule has 3 aromatic rings. The highest BCUT2D eigenvalue weighted by Gasteiger charge is 2.35. The Morgan fingerprint density at radius 1 is 1.17 bits per heavy atom. The zero-order valence-electron chi connectivity index (χ0n) is 13.3. The summed E-state index contributed by atoms with van der Waals surface area (Å²) in [6, 6.07) is 7.75. The average Bonchev–Trinajstić information content (AvgIpc) is 3.07. The number of benzene rings is 1. The van der Waals surface area contributed by atoms with Gasteiger partial charge in [-0.05, 0) is 36.1 Å². The topological polar surface area (TPSA) is 56.5 Å². The summed E-state index contributed by atoms with van der Waals surface area (Å²) < 4.78 is 7.25. The van der Waals surface area contributed by atoms with Crippen molar-refractivity contribution in [1.82, 2.24) is 14.6 Å². The zero-order valence-corrected chi connectivity index (χ0v) is 14.1. The normalized spacial score (nSPS) is 16.6. The molecule has 0 atom stereocenters. The second-order valence-electron chi connectivity index (χ2n) is 6.69. The van der Waals surface area contributed by atoms with Crippen LogP contribution < -0.4 is 4.74 Å². The molecule has 1 aromatic carbocycles. The zero-order chi connectivity index (χ0) is 16.2. The van der Waals surface area contributed by atoms with E-state index in [1.165, 1.54) is 11.3 Å². The van der Waals surface area contributed by atoms with E-state index in [1.807, 2.05) is 28.7 Å². The molecule has 0 spiro atoms. The molecule has 1 aliphatic rings. The first-order valence-corrected chi connectivity index (χ1v) is 8.34. The van der Waals surface area contributed by atoms with Crippen molar-refractivity contribution in [2.45, 2.75) is 26.7 Å². The molecular formula is C17H17N3O2S. The Bertz CT molecular complexity index is 906. The molecule has 0 N–H and O–H groups in total. The van der Waals surface area contributed by atoms with Gasteiger partial charge in [0.2, 0.25) is 4.96 Å². The maximum atomic E-state index is 12.4. The number of hydrogen-bond donors (Lipinski definition) is 0. The lowest BCUT2D eigenvalue weighted by Gasteiger charge is -2.28. The van der Waals surface area contributed by atoms with E-state index in [2.05, 4.69) is 24.0 Å². The summed E-state index contributed by atoms with van der Waals surface area (Å²) in [6.07, 6.45) is 1.45. The van der Waals surface area contributed by atoms with E-state index < -0.39 is 0 Å². The predicted octanol–water partition coefficient (Wildman–Crippen LogP) is 3.62. The third kappa shape index (κ3) is 2.25. The van der Waals surface area contributed by atoms with Crippen molar-refractivity contribution < 1.29 is 9.53 Å². The van der Waals surface area contributed by atoms with Gasteiger partial charge >= 0.3 is 0 Å². The van der Waals surface area contributed by atoms with Gasteiger partial charge in [0.1, 0.15) is 5.75 Å². The van der Waals surface area contributed by atoms with Crippen LogP contribution in [0.2, 0.25) is 0 Å². The molecule has 0 fully saturated rings. The molecule has 0 saturated heterocycles. The quantitative estimate of drug-likeness (QED) is 0.721. The number of nitrogens with zero attached hydrogens (tertiary/aromatic N) is 3. The molecule has 4 rings (SSSR count). The van der Waals surface area contributed by atoms with E-state index in [9.17, 15) is 4.79 Å². The van der Waals surface area contributed by atoms with Crippen LogP contribution in [0.3, 0.4) is 0 Å². The Labute approximate surface area is 137 Å². The Kier molecular flexibility index (Phi) is 3.06. The smallest absolute Gasteiger partial charge is 0.217 e. The number of ketones is 1. The highest BCUT2D eigenvalue weighted by molar-refractivity contribution is 7.19. The van der Waals surface area contributed by atoms with Crippen molar-refractivity contribution in [3.05, 3.63) is 34.8 Å². The van der Waals surface area contributed by atoms with Crippen LogP contribution in [0.4, 0.5) is 0 Å². The van der Waals surface area contributed by atoms with Gasteiger partial charge in [-0.1, -0.05) is 25.2 Å². The van der Waals surface area contributed by atoms with Crippen LogP contribution in [0.1, 0.15) is 35.6 Å². The minimum atomic E-state index is -0.0282. The van der Waals surface area contributed by atoms with Crippen LogP contribution >= 0.6 is 11.3 Å². The van der Waals surface area contributed by atoms with E-state index in [4.69, 9.17) is 4.74 Å². The fraction of sp³-hybridized carbons (Fsp3) is 0.353. The average molecular weight is 327 g/mol. The van der Waals surface area contributed by atoms with Crippen LogP contribution in [-0.4, -0.2) is 27.5 Å². The largest absolute Gasteiger partial charge is 0.497 e. The molecule has 1 aliphatic carbocycles. The van der Waals surface area contributed by atoms with Crippen molar-refractivity contribution in [3.63, 3.8) is 0 Å². The number of ether oxygens (including phenoxy) is 1. The summed E-state index contributed by atoms with van der Waals surface area (Å²) in [5.41, 5.74) is 1.98. The number of thiazole rings is 1. The molecular weight excluding hydrogens is 310 g/mol. The Morgan fingerprint density at radius 3 is 2.61 bits per heavy atom. The lowest BCUT2D eigenvalue weighted by molar-refractivity contribution is 0.0915. The minimum absolute atomic E-state index is 0.0282. The molecule has 23 heavy (non-hydrogen) atoms. The number of rotatable bonds is 2. The summed E-state index contributed by atoms with van der Waals surface area (Å²) in [4.78, 5) is 14.1. The summed E-state index contributed by atoms with van der Waals surface area (Å²) in [6.45, 7) is 4.27. The Morgan fingerprint density at radius 2 is 1.91 bits per heavy atom. The number of methoxy groups -OCH3 is 1. The predicted molar refractivity (Wildman–Crippen MR) is 89.3 cm³/mol. The monoisotopic (exact) mass is 327 g/mol. The third-order valence-electron chi connectivity index (χ3n) is 4.25. The van der Waals surface area contributed by atoms with Gasteiger partial charge in [0.05, 0.1) is 12.0 Å². The number of fused-ring (bicyclic) bond motifs is 3. The van der Waals surface area contributed by atoms with Crippen LogP contribution in [0.5, 0.6) is 5.75 Å². The van der Waals surface area contributed by atoms with Gasteiger partial charge in [0.25, 0.3) is 0 Å². The van der Waals surface area contributed by atoms with E-state index in [0.29, 0.717) is 6.42 Å². The van der Waals surface area contributed by atoms with E-state index in [1.54, 1.807) is 7.11 Å². The van der Waals surface area contributed by atoms with Crippen LogP contribution in [0.25, 0.3) is 16.3 Å². The van der Waals surface area contributed by atoms with Crippen molar-refractivity contribution >= 4 is 22.1 Å². The highest BCUT2D eigenvalue weighted by Crippen LogP contribution is 2.39. The maximum Gasteiger partial charge on any atom is 0.217 e. The Balaban J connectivity index is 1.90. The number of aromatic nitrogens is 3. The minimum Gasteiger partial charge on any atom is -0.497 e. The molecule has 0 unspecified atom stereocenters. The van der Waals surface area contributed by atoms with Crippen LogP contribution in [-0.2, 0) is 6.42 Å². The molecule has 0 aliphatic heterocycles. The summed E-state index contributed by atoms with van der Waals surface area (Å²) >= 11 is 1.45. The summed E-state index contributed by atoms with van der Waals surface area (Å²) in [7, 11) is 1.65. The van der Waals surface area contributed by atoms with Gasteiger partial charge in [0.15, 0.2) is 11.6 Å². The molecule has 2 aromatic heterocycles. The van der Waals surface area contributed by atoms with Gasteiger partial charge in [-0.25, -0.2) is 0 Å². The van der Waals surface area contributed by atoms with Gasteiger partial charge in [-0.15, -0.1) is 10.2 Å². The molecule has 0 bridgehead atoms. The van der Waals surface area contributed by atoms with Crippen LogP contribution in [0.15, 0.2) is 24.3 Å². The molecule has 0 radical (unpaired) electrons. The SMILES string of the molecule is COc1ccc(-c2nnc3sc4c(n23)CC(C)(C)CC4=O)cc1. The molecule has 2 heterocycles. The van der Waals surface area contributed by atoms with Crippen molar-refractivity contribution in [2.75, 3.05) is 7.11 Å². The van der Waals surface area contributed by atoms with Crippen LogP contribution in [0, 0.1) is 5.41 Å². The van der Waals surface area contributed by atoms with Gasteiger partial charge in [-0.2, -0.15) is 0 Å². The summed E-state index contributed by atoms with van der Waals surface area (Å²) in [5, 5.41) is 8.61. The highest BCUT2D eigenvalue weighted by atomic mass is 32.1. The second-order valence-corrected chi connectivity index (χ2v) is 7.67. The molecule has 6 heteroatoms. The molecule has 0 amide bonds. The van der Waals surface area contributed by atoms with E-state index >= 15 is 0 Å². The lowest BCUT2D eigenvalue weighted by Crippen LogP contribution is -2.26. The molecule has 5 nitrogen and oxygen atoms in total. The molecule has 118 valence electrons. The number of carbonyl (C=O) groups is 1. The van der Waals surface area contributed by atoms with E-state index in [-0.39, 0.29) is 11.2 Å². The van der Waals surface area contributed by atoms with Crippen molar-refractivity contribution in [1.29, 1.82) is 0 Å². The summed E-state index contributed by atoms with van der Waals surface area (Å²) in [5.74, 6) is 1.80. The van der Waals surface area contributed by atoms with Gasteiger partial charge in [-0.3, -0.25) is 9.20 Å². The van der Waals surface area contributed by atoms with E-state index in [0.717, 1.165) is 39.1 Å². The third-order valence-corrected chi connectivity index (χ3v) is 5.36. The number of Topliss-reactive ketones (excluding diaryl/α,β-unsaturated/α-hetero) is 1. The first-order valence-electron chi connectivity index (χ1n) is 7.53. The maximum absolute atomic E-state index is 12.4. The van der Waals surface area contributed by atoms with Gasteiger partial charge < -0.3 is 4.74 Å². The van der Waals surface area contributed by atoms with Gasteiger partial charge in [0, 0.05) is 17.7 Å². The molecule has 0 saturated carbocycles. The van der Waals surface area contributed by atoms with Crippen molar-refractivity contribution in [3.8, 4) is 17.1 Å². The lowest BCUT2D eigenvalue weighted by atomic mass is 9.78. The standard InChI is InChI=1S/C17H17N3O2S/c1-17(2)8-12-14(13(21)9-17)23-16-19-18-15(20(12)16)10-4-6-11(22-3)7-5-10/h4-7H,8-9H2,1-3H3. The number of hydrogen-bond acceptors (Lipinski definition) is 5. The Hall–Kier alpha value is -2.21. The first kappa shape index (κ1) is 14.4. The fourth-order valence-corrected chi connectivity index (χ4v) is 4.19.